The van der Waals surface area contributed by atoms with Crippen LogP contribution in [0.15, 0.2) is 29.4 Å². The Bertz CT molecular complexity index is 1150. The number of esters is 1. The molecule has 176 valence electrons. The van der Waals surface area contributed by atoms with Crippen molar-refractivity contribution in [3.8, 4) is 5.75 Å². The fraction of sp³-hybridized carbons (Fsp3) is 0.364. The van der Waals surface area contributed by atoms with Gasteiger partial charge in [0.05, 0.1) is 22.9 Å². The first-order valence-electron chi connectivity index (χ1n) is 10.3. The molecule has 1 N–H and O–H groups in total. The van der Waals surface area contributed by atoms with Crippen LogP contribution < -0.4 is 10.1 Å². The number of benzene rings is 1. The van der Waals surface area contributed by atoms with E-state index in [1.807, 2.05) is 37.5 Å². The van der Waals surface area contributed by atoms with E-state index >= 15 is 0 Å². The van der Waals surface area contributed by atoms with Crippen molar-refractivity contribution in [3.05, 3.63) is 51.1 Å². The van der Waals surface area contributed by atoms with Gasteiger partial charge in [-0.1, -0.05) is 29.4 Å². The van der Waals surface area contributed by atoms with Crippen molar-refractivity contribution < 1.29 is 19.1 Å². The van der Waals surface area contributed by atoms with Gasteiger partial charge in [0.15, 0.2) is 11.0 Å². The van der Waals surface area contributed by atoms with Crippen LogP contribution >= 0.6 is 34.7 Å². The van der Waals surface area contributed by atoms with Crippen LogP contribution in [0.2, 0.25) is 5.02 Å². The van der Waals surface area contributed by atoms with E-state index in [2.05, 4.69) is 15.5 Å². The third-order valence-electron chi connectivity index (χ3n) is 4.49. The summed E-state index contributed by atoms with van der Waals surface area (Å²) in [4.78, 5) is 25.6. The highest BCUT2D eigenvalue weighted by Crippen LogP contribution is 2.29. The van der Waals surface area contributed by atoms with Crippen LogP contribution in [0.4, 0.5) is 5.00 Å². The monoisotopic (exact) mass is 508 g/mol. The first-order valence-corrected chi connectivity index (χ1v) is 12.5. The SMILES string of the molecule is CCOC(=O)c1cc(C)sc1NC(=O)CSc1nnc(COc2cc(C)ccc2Cl)n1CC. The van der Waals surface area contributed by atoms with Crippen LogP contribution in [-0.4, -0.2) is 39.0 Å². The molecule has 1 amide bonds. The molecule has 0 aliphatic carbocycles. The smallest absolute Gasteiger partial charge is 0.341 e. The van der Waals surface area contributed by atoms with Gasteiger partial charge in [-0.05, 0) is 51.5 Å². The molecule has 0 aliphatic heterocycles. The standard InChI is InChI=1S/C22H25ClN4O4S2/c1-5-27-18(11-31-17-9-13(3)7-8-16(17)23)25-26-22(27)32-12-19(28)24-20-15(10-14(4)33-20)21(29)30-6-2/h7-10H,5-6,11-12H2,1-4H3,(H,24,28). The molecule has 11 heteroatoms. The number of rotatable bonds is 10. The Kier molecular flexibility index (Phi) is 8.76. The van der Waals surface area contributed by atoms with Gasteiger partial charge in [-0.2, -0.15) is 0 Å². The van der Waals surface area contributed by atoms with Gasteiger partial charge >= 0.3 is 5.97 Å². The lowest BCUT2D eigenvalue weighted by Gasteiger charge is -2.10. The molecule has 0 fully saturated rings. The van der Waals surface area contributed by atoms with Crippen LogP contribution in [0.25, 0.3) is 0 Å². The van der Waals surface area contributed by atoms with Gasteiger partial charge in [-0.3, -0.25) is 4.79 Å². The summed E-state index contributed by atoms with van der Waals surface area (Å²) in [5, 5.41) is 12.8. The summed E-state index contributed by atoms with van der Waals surface area (Å²) in [5.74, 6) is 0.634. The molecule has 3 rings (SSSR count). The minimum absolute atomic E-state index is 0.113. The van der Waals surface area contributed by atoms with E-state index in [1.165, 1.54) is 23.1 Å². The molecule has 1 aromatic carbocycles. The predicted octanol–water partition coefficient (Wildman–Crippen LogP) is 5.12. The molecule has 0 unspecified atom stereocenters. The number of ether oxygens (including phenoxy) is 2. The van der Waals surface area contributed by atoms with Crippen molar-refractivity contribution in [2.75, 3.05) is 17.7 Å². The number of carbonyl (C=O) groups excluding carboxylic acids is 2. The second-order valence-corrected chi connectivity index (χ2v) is 9.63. The summed E-state index contributed by atoms with van der Waals surface area (Å²) in [6, 6.07) is 7.29. The Labute approximate surface area is 205 Å². The fourth-order valence-corrected chi connectivity index (χ4v) is 4.88. The molecule has 2 aromatic heterocycles. The molecule has 0 bridgehead atoms. The fourth-order valence-electron chi connectivity index (χ4n) is 2.97. The molecule has 0 aliphatic rings. The van der Waals surface area contributed by atoms with Gasteiger partial charge in [0.2, 0.25) is 5.91 Å². The number of aryl methyl sites for hydroxylation is 2. The first-order chi connectivity index (χ1) is 15.8. The second kappa shape index (κ2) is 11.5. The summed E-state index contributed by atoms with van der Waals surface area (Å²) in [6.07, 6.45) is 0. The number of carbonyl (C=O) groups is 2. The van der Waals surface area contributed by atoms with E-state index in [1.54, 1.807) is 19.1 Å². The molecular weight excluding hydrogens is 484 g/mol. The quantitative estimate of drug-likeness (QED) is 0.300. The van der Waals surface area contributed by atoms with E-state index in [4.69, 9.17) is 21.1 Å². The largest absolute Gasteiger partial charge is 0.484 e. The first kappa shape index (κ1) is 25.1. The Morgan fingerprint density at radius 2 is 2.00 bits per heavy atom. The summed E-state index contributed by atoms with van der Waals surface area (Å²) in [6.45, 7) is 8.63. The number of nitrogens with one attached hydrogen (secondary N) is 1. The molecule has 0 atom stereocenters. The van der Waals surface area contributed by atoms with Gasteiger partial charge in [0.1, 0.15) is 17.4 Å². The lowest BCUT2D eigenvalue weighted by molar-refractivity contribution is -0.113. The Morgan fingerprint density at radius 1 is 1.21 bits per heavy atom. The number of hydrogen-bond acceptors (Lipinski definition) is 8. The van der Waals surface area contributed by atoms with Crippen molar-refractivity contribution in [2.45, 2.75) is 46.0 Å². The van der Waals surface area contributed by atoms with Gasteiger partial charge in [-0.15, -0.1) is 21.5 Å². The number of thioether (sulfide) groups is 1. The zero-order valence-corrected chi connectivity index (χ0v) is 21.2. The molecule has 0 saturated carbocycles. The molecule has 3 aromatic rings. The van der Waals surface area contributed by atoms with E-state index in [9.17, 15) is 9.59 Å². The van der Waals surface area contributed by atoms with Gasteiger partial charge in [0, 0.05) is 11.4 Å². The zero-order chi connectivity index (χ0) is 24.0. The summed E-state index contributed by atoms with van der Waals surface area (Å²) in [5.41, 5.74) is 1.41. The van der Waals surface area contributed by atoms with E-state index in [-0.39, 0.29) is 24.9 Å². The van der Waals surface area contributed by atoms with Crippen molar-refractivity contribution >= 4 is 51.6 Å². The average Bonchev–Trinajstić information content (AvgIpc) is 3.35. The van der Waals surface area contributed by atoms with Crippen LogP contribution in [0.3, 0.4) is 0 Å². The summed E-state index contributed by atoms with van der Waals surface area (Å²) in [7, 11) is 0. The van der Waals surface area contributed by atoms with E-state index in [0.29, 0.717) is 38.9 Å². The van der Waals surface area contributed by atoms with Crippen molar-refractivity contribution in [1.82, 2.24) is 14.8 Å². The lowest BCUT2D eigenvalue weighted by atomic mass is 10.2. The molecule has 2 heterocycles. The van der Waals surface area contributed by atoms with E-state index < -0.39 is 5.97 Å². The van der Waals surface area contributed by atoms with Crippen LogP contribution in [0.5, 0.6) is 5.75 Å². The molecule has 0 spiro atoms. The third kappa shape index (κ3) is 6.49. The summed E-state index contributed by atoms with van der Waals surface area (Å²) < 4.78 is 12.8. The maximum absolute atomic E-state index is 12.5. The van der Waals surface area contributed by atoms with Gasteiger partial charge < -0.3 is 19.4 Å². The highest BCUT2D eigenvalue weighted by Gasteiger charge is 2.19. The number of thiophene rings is 1. The maximum Gasteiger partial charge on any atom is 0.341 e. The average molecular weight is 509 g/mol. The highest BCUT2D eigenvalue weighted by atomic mass is 35.5. The Hall–Kier alpha value is -2.56. The van der Waals surface area contributed by atoms with Crippen molar-refractivity contribution in [2.24, 2.45) is 0 Å². The third-order valence-corrected chi connectivity index (χ3v) is 6.73. The summed E-state index contributed by atoms with van der Waals surface area (Å²) >= 11 is 8.79. The number of halogens is 1. The second-order valence-electron chi connectivity index (χ2n) is 7.02. The number of hydrogen-bond donors (Lipinski definition) is 1. The number of anilines is 1. The topological polar surface area (TPSA) is 95.3 Å². The number of nitrogens with zero attached hydrogens (tertiary/aromatic N) is 3. The zero-order valence-electron chi connectivity index (χ0n) is 18.8. The minimum Gasteiger partial charge on any atom is -0.484 e. The van der Waals surface area contributed by atoms with Crippen LogP contribution in [0, 0.1) is 13.8 Å². The van der Waals surface area contributed by atoms with Crippen LogP contribution in [-0.2, 0) is 22.7 Å². The highest BCUT2D eigenvalue weighted by molar-refractivity contribution is 7.99. The van der Waals surface area contributed by atoms with Crippen molar-refractivity contribution in [3.63, 3.8) is 0 Å². The molecular formula is C22H25ClN4O4S2. The van der Waals surface area contributed by atoms with Crippen molar-refractivity contribution in [1.29, 1.82) is 0 Å². The minimum atomic E-state index is -0.450. The lowest BCUT2D eigenvalue weighted by Crippen LogP contribution is -2.16. The maximum atomic E-state index is 12.5. The Balaban J connectivity index is 1.62. The number of aromatic nitrogens is 3. The molecule has 0 radical (unpaired) electrons. The van der Waals surface area contributed by atoms with Gasteiger partial charge in [-0.25, -0.2) is 4.79 Å². The Morgan fingerprint density at radius 3 is 2.73 bits per heavy atom. The predicted molar refractivity (Wildman–Crippen MR) is 131 cm³/mol. The molecule has 0 saturated heterocycles. The normalized spacial score (nSPS) is 10.8. The van der Waals surface area contributed by atoms with Gasteiger partial charge in [0.25, 0.3) is 0 Å². The molecule has 33 heavy (non-hydrogen) atoms. The van der Waals surface area contributed by atoms with E-state index in [0.717, 1.165) is 10.4 Å². The molecule has 8 nitrogen and oxygen atoms in total. The van der Waals surface area contributed by atoms with Crippen LogP contribution in [0.1, 0.15) is 40.5 Å². The number of amides is 1.